The molecule has 42 heavy (non-hydrogen) atoms. The molecule has 1 aromatic heterocycles. The molecule has 218 valence electrons. The number of nitrogens with zero attached hydrogens (tertiary/aromatic N) is 2. The van der Waals surface area contributed by atoms with Crippen LogP contribution in [0, 0.1) is 6.92 Å². The van der Waals surface area contributed by atoms with Crippen molar-refractivity contribution in [1.29, 1.82) is 0 Å². The number of amides is 1. The lowest BCUT2D eigenvalue weighted by Gasteiger charge is -2.24. The molecule has 0 radical (unpaired) electrons. The van der Waals surface area contributed by atoms with E-state index in [2.05, 4.69) is 11.6 Å². The van der Waals surface area contributed by atoms with E-state index in [1.54, 1.807) is 49.4 Å². The van der Waals surface area contributed by atoms with Crippen molar-refractivity contribution in [2.75, 3.05) is 38.4 Å². The van der Waals surface area contributed by atoms with Crippen LogP contribution in [0.25, 0.3) is 5.76 Å². The topological polar surface area (TPSA) is 134 Å². The van der Waals surface area contributed by atoms with Gasteiger partial charge in [-0.25, -0.2) is 9.78 Å². The maximum Gasteiger partial charge on any atom is 0.350 e. The highest BCUT2D eigenvalue weighted by atomic mass is 32.1. The summed E-state index contributed by atoms with van der Waals surface area (Å²) in [6, 6.07) is 8.60. The molecule has 2 aliphatic heterocycles. The molecule has 0 bridgehead atoms. The Bertz CT molecular complexity index is 1610. The number of aliphatic hydroxyl groups is 1. The molecule has 0 spiro atoms. The predicted octanol–water partition coefficient (Wildman–Crippen LogP) is 4.60. The number of esters is 1. The van der Waals surface area contributed by atoms with Crippen molar-refractivity contribution >= 4 is 39.9 Å². The Morgan fingerprint density at radius 1 is 1.14 bits per heavy atom. The van der Waals surface area contributed by atoms with E-state index in [-0.39, 0.29) is 27.8 Å². The third-order valence-corrected chi connectivity index (χ3v) is 7.70. The van der Waals surface area contributed by atoms with Crippen LogP contribution in [0.1, 0.15) is 39.5 Å². The molecule has 0 aliphatic carbocycles. The number of aryl methyl sites for hydroxylation is 1. The van der Waals surface area contributed by atoms with Gasteiger partial charge < -0.3 is 28.8 Å². The molecule has 12 heteroatoms. The van der Waals surface area contributed by atoms with Crippen molar-refractivity contribution in [2.45, 2.75) is 19.9 Å². The molecule has 1 saturated heterocycles. The summed E-state index contributed by atoms with van der Waals surface area (Å²) < 4.78 is 27.6. The Morgan fingerprint density at radius 3 is 2.62 bits per heavy atom. The molecular formula is C30H28N2O9S. The number of Topliss-reactive ketones (excluding diaryl/α,β-unsaturated/α-hetero) is 1. The van der Waals surface area contributed by atoms with Crippen molar-refractivity contribution in [3.05, 3.63) is 76.3 Å². The molecule has 11 nitrogen and oxygen atoms in total. The molecule has 1 N–H and O–H groups in total. The number of benzene rings is 2. The van der Waals surface area contributed by atoms with E-state index in [1.807, 2.05) is 6.92 Å². The first kappa shape index (κ1) is 28.7. The zero-order valence-electron chi connectivity index (χ0n) is 23.2. The van der Waals surface area contributed by atoms with Gasteiger partial charge in [-0.05, 0) is 49.7 Å². The summed E-state index contributed by atoms with van der Waals surface area (Å²) in [6.07, 6.45) is 1.59. The number of anilines is 1. The highest BCUT2D eigenvalue weighted by Gasteiger charge is 2.48. The van der Waals surface area contributed by atoms with Gasteiger partial charge in [0.1, 0.15) is 30.5 Å². The molecule has 1 fully saturated rings. The highest BCUT2D eigenvalue weighted by Crippen LogP contribution is 2.46. The molecule has 0 unspecified atom stereocenters. The quantitative estimate of drug-likeness (QED) is 0.124. The Balaban J connectivity index is 1.70. The Morgan fingerprint density at radius 2 is 1.90 bits per heavy atom. The van der Waals surface area contributed by atoms with Gasteiger partial charge in [0.05, 0.1) is 31.0 Å². The lowest BCUT2D eigenvalue weighted by atomic mass is 9.95. The Hall–Kier alpha value is -4.84. The maximum absolute atomic E-state index is 13.6. The summed E-state index contributed by atoms with van der Waals surface area (Å²) in [6.45, 7) is 8.35. The molecule has 2 aliphatic rings. The summed E-state index contributed by atoms with van der Waals surface area (Å²) in [5.74, 6) is -1.18. The summed E-state index contributed by atoms with van der Waals surface area (Å²) in [4.78, 5) is 45.4. The monoisotopic (exact) mass is 592 g/mol. The average molecular weight is 593 g/mol. The number of hydrogen-bond acceptors (Lipinski definition) is 11. The van der Waals surface area contributed by atoms with Gasteiger partial charge in [0.25, 0.3) is 5.78 Å². The fourth-order valence-electron chi connectivity index (χ4n) is 4.69. The van der Waals surface area contributed by atoms with Crippen LogP contribution in [0.2, 0.25) is 0 Å². The molecule has 3 aromatic rings. The Labute approximate surface area is 245 Å². The number of hydrogen-bond donors (Lipinski definition) is 1. The normalized spacial score (nSPS) is 17.2. The fraction of sp³-hybridized carbons (Fsp3) is 0.267. The SMILES string of the molecule is C=CCOc1ccc([C@H]2C(=C(O)c3ccc4c(c3)OCCO4)C(=O)C(=O)N2c2nc(C)c(C(=O)OC)s2)cc1OCC. The van der Waals surface area contributed by atoms with E-state index in [9.17, 15) is 19.5 Å². The molecule has 1 atom stereocenters. The van der Waals surface area contributed by atoms with Gasteiger partial charge in [0.2, 0.25) is 0 Å². The lowest BCUT2D eigenvalue weighted by Crippen LogP contribution is -2.29. The molecular weight excluding hydrogens is 564 g/mol. The van der Waals surface area contributed by atoms with Crippen LogP contribution in [-0.4, -0.2) is 61.3 Å². The molecule has 2 aromatic carbocycles. The highest BCUT2D eigenvalue weighted by molar-refractivity contribution is 7.17. The van der Waals surface area contributed by atoms with Crippen molar-refractivity contribution in [3.63, 3.8) is 0 Å². The zero-order chi connectivity index (χ0) is 30.0. The van der Waals surface area contributed by atoms with Gasteiger partial charge in [-0.3, -0.25) is 14.5 Å². The summed E-state index contributed by atoms with van der Waals surface area (Å²) in [5.41, 5.74) is 0.850. The minimum absolute atomic E-state index is 0.0890. The zero-order valence-corrected chi connectivity index (χ0v) is 24.0. The van der Waals surface area contributed by atoms with Gasteiger partial charge in [0.15, 0.2) is 28.1 Å². The molecule has 1 amide bonds. The van der Waals surface area contributed by atoms with Crippen LogP contribution in [0.4, 0.5) is 5.13 Å². The van der Waals surface area contributed by atoms with E-state index in [1.165, 1.54) is 12.0 Å². The molecule has 3 heterocycles. The average Bonchev–Trinajstić information content (AvgIpc) is 3.51. The number of aliphatic hydroxyl groups excluding tert-OH is 1. The number of ketones is 1. The van der Waals surface area contributed by atoms with Gasteiger partial charge >= 0.3 is 11.9 Å². The second kappa shape index (κ2) is 12.0. The largest absolute Gasteiger partial charge is 0.507 e. The van der Waals surface area contributed by atoms with Crippen LogP contribution < -0.4 is 23.8 Å². The van der Waals surface area contributed by atoms with E-state index in [0.717, 1.165) is 11.3 Å². The maximum atomic E-state index is 13.6. The van der Waals surface area contributed by atoms with Crippen LogP contribution in [-0.2, 0) is 14.3 Å². The van der Waals surface area contributed by atoms with Crippen molar-refractivity contribution in [1.82, 2.24) is 4.98 Å². The minimum Gasteiger partial charge on any atom is -0.507 e. The molecule has 5 rings (SSSR count). The van der Waals surface area contributed by atoms with E-state index < -0.39 is 29.5 Å². The number of aromatic nitrogens is 1. The van der Waals surface area contributed by atoms with E-state index >= 15 is 0 Å². The third kappa shape index (κ3) is 5.16. The van der Waals surface area contributed by atoms with Crippen LogP contribution in [0.3, 0.4) is 0 Å². The second-order valence-electron chi connectivity index (χ2n) is 9.17. The van der Waals surface area contributed by atoms with E-state index in [4.69, 9.17) is 23.7 Å². The van der Waals surface area contributed by atoms with Crippen molar-refractivity contribution in [2.24, 2.45) is 0 Å². The van der Waals surface area contributed by atoms with Crippen LogP contribution in [0.5, 0.6) is 23.0 Å². The molecule has 0 saturated carbocycles. The third-order valence-electron chi connectivity index (χ3n) is 6.56. The Kier molecular flexibility index (Phi) is 8.16. The summed E-state index contributed by atoms with van der Waals surface area (Å²) in [7, 11) is 1.24. The van der Waals surface area contributed by atoms with Gasteiger partial charge in [0, 0.05) is 5.56 Å². The second-order valence-corrected chi connectivity index (χ2v) is 10.1. The first-order valence-corrected chi connectivity index (χ1v) is 13.9. The lowest BCUT2D eigenvalue weighted by molar-refractivity contribution is -0.132. The summed E-state index contributed by atoms with van der Waals surface area (Å²) in [5, 5.41) is 11.7. The van der Waals surface area contributed by atoms with Gasteiger partial charge in [-0.1, -0.05) is 30.1 Å². The van der Waals surface area contributed by atoms with Gasteiger partial charge in [-0.15, -0.1) is 0 Å². The number of carbonyl (C=O) groups is 3. The first-order chi connectivity index (χ1) is 20.3. The van der Waals surface area contributed by atoms with E-state index in [0.29, 0.717) is 54.1 Å². The minimum atomic E-state index is -1.12. The van der Waals surface area contributed by atoms with Crippen LogP contribution >= 0.6 is 11.3 Å². The van der Waals surface area contributed by atoms with Crippen LogP contribution in [0.15, 0.2) is 54.6 Å². The van der Waals surface area contributed by atoms with Crippen molar-refractivity contribution in [3.8, 4) is 23.0 Å². The number of fused-ring (bicyclic) bond motifs is 1. The number of ether oxygens (including phenoxy) is 5. The summed E-state index contributed by atoms with van der Waals surface area (Å²) >= 11 is 0.910. The number of carbonyl (C=O) groups excluding carboxylic acids is 3. The number of rotatable bonds is 9. The number of thiazole rings is 1. The van der Waals surface area contributed by atoms with Gasteiger partial charge in [-0.2, -0.15) is 0 Å². The fourth-order valence-corrected chi connectivity index (χ4v) is 5.70. The standard InChI is InChI=1S/C30H28N2O9S/c1-5-11-39-19-9-7-17(14-21(19)38-6-2)24-23(25(33)18-8-10-20-22(15-18)41-13-12-40-20)26(34)28(35)32(24)30-31-16(3)27(42-30)29(36)37-4/h5,7-10,14-15,24,33H,1,6,11-13H2,2-4H3/t24-/m0/s1. The van der Waals surface area contributed by atoms with Crippen molar-refractivity contribution < 1.29 is 43.2 Å². The smallest absolute Gasteiger partial charge is 0.350 e. The predicted molar refractivity (Wildman–Crippen MR) is 154 cm³/mol. The first-order valence-electron chi connectivity index (χ1n) is 13.1. The number of methoxy groups -OCH3 is 1.